The van der Waals surface area contributed by atoms with Gasteiger partial charge in [-0.1, -0.05) is 24.9 Å². The van der Waals surface area contributed by atoms with Crippen molar-refractivity contribution in [2.45, 2.75) is 30.7 Å². The molecule has 0 amide bonds. The molecule has 0 aliphatic carbocycles. The molecule has 2 N–H and O–H groups in total. The second-order valence-corrected chi connectivity index (χ2v) is 6.00. The van der Waals surface area contributed by atoms with Crippen molar-refractivity contribution in [1.29, 1.82) is 0 Å². The lowest BCUT2D eigenvalue weighted by Gasteiger charge is -2.14. The van der Waals surface area contributed by atoms with E-state index in [0.29, 0.717) is 6.42 Å². The third-order valence-electron chi connectivity index (χ3n) is 2.37. The summed E-state index contributed by atoms with van der Waals surface area (Å²) in [4.78, 5) is 10.6. The molecule has 0 radical (unpaired) electrons. The van der Waals surface area contributed by atoms with Crippen molar-refractivity contribution in [2.24, 2.45) is 0 Å². The Hall–Kier alpha value is -1.18. The molecule has 0 aliphatic heterocycles. The van der Waals surface area contributed by atoms with Crippen LogP contribution in [0.2, 0.25) is 5.02 Å². The second-order valence-electron chi connectivity index (χ2n) is 3.88. The summed E-state index contributed by atoms with van der Waals surface area (Å²) in [5, 5.41) is 8.56. The van der Waals surface area contributed by atoms with Gasteiger partial charge in [-0.2, -0.15) is 4.72 Å². The number of rotatable bonds is 6. The van der Waals surface area contributed by atoms with Gasteiger partial charge < -0.3 is 5.11 Å². The molecule has 0 saturated heterocycles. The average Bonchev–Trinajstić information content (AvgIpc) is 2.31. The Balaban J connectivity index is 3.03. The Labute approximate surface area is 115 Å². The van der Waals surface area contributed by atoms with Crippen LogP contribution in [0.15, 0.2) is 23.1 Å². The number of halogens is 2. The first-order valence-electron chi connectivity index (χ1n) is 5.48. The number of aliphatic carboxylic acids is 1. The van der Waals surface area contributed by atoms with Crippen LogP contribution in [0.1, 0.15) is 19.8 Å². The monoisotopic (exact) mass is 309 g/mol. The fourth-order valence-corrected chi connectivity index (χ4v) is 2.92. The van der Waals surface area contributed by atoms with Gasteiger partial charge in [-0.15, -0.1) is 0 Å². The predicted octanol–water partition coefficient (Wildman–Crippen LogP) is 2.01. The maximum Gasteiger partial charge on any atom is 0.321 e. The molecule has 1 aromatic carbocycles. The number of carboxylic acids is 1. The van der Waals surface area contributed by atoms with Crippen molar-refractivity contribution >= 4 is 27.6 Å². The van der Waals surface area contributed by atoms with Crippen LogP contribution in [-0.4, -0.2) is 25.5 Å². The molecule has 0 saturated carbocycles. The van der Waals surface area contributed by atoms with Gasteiger partial charge in [-0.3, -0.25) is 4.79 Å². The Morgan fingerprint density at radius 1 is 1.53 bits per heavy atom. The van der Waals surface area contributed by atoms with Crippen molar-refractivity contribution in [3.63, 3.8) is 0 Å². The lowest BCUT2D eigenvalue weighted by atomic mass is 10.2. The molecule has 0 aliphatic rings. The Morgan fingerprint density at radius 2 is 2.16 bits per heavy atom. The van der Waals surface area contributed by atoms with E-state index in [1.807, 2.05) is 4.72 Å². The highest BCUT2D eigenvalue weighted by molar-refractivity contribution is 7.89. The standard InChI is InChI=1S/C11H13ClFNO4S/c1-2-3-10(11(15)16)14-19(17,18)7-4-5-9(13)8(12)6-7/h4-6,10,14H,2-3H2,1H3,(H,15,16)/t10-/m0/s1. The van der Waals surface area contributed by atoms with Gasteiger partial charge in [-0.25, -0.2) is 12.8 Å². The summed E-state index contributed by atoms with van der Waals surface area (Å²) in [6, 6.07) is 1.64. The van der Waals surface area contributed by atoms with Crippen LogP contribution in [0.4, 0.5) is 4.39 Å². The van der Waals surface area contributed by atoms with E-state index in [2.05, 4.69) is 0 Å². The minimum atomic E-state index is -4.05. The SMILES string of the molecule is CCC[C@H](NS(=O)(=O)c1ccc(F)c(Cl)c1)C(=O)O. The number of sulfonamides is 1. The molecule has 8 heteroatoms. The Kier molecular flexibility index (Phi) is 5.28. The highest BCUT2D eigenvalue weighted by atomic mass is 35.5. The second kappa shape index (κ2) is 6.31. The van der Waals surface area contributed by atoms with Gasteiger partial charge in [0.25, 0.3) is 0 Å². The highest BCUT2D eigenvalue weighted by Gasteiger charge is 2.25. The van der Waals surface area contributed by atoms with Crippen LogP contribution in [0.25, 0.3) is 0 Å². The molecule has 0 heterocycles. The van der Waals surface area contributed by atoms with Crippen LogP contribution < -0.4 is 4.72 Å². The number of hydrogen-bond acceptors (Lipinski definition) is 3. The van der Waals surface area contributed by atoms with Crippen LogP contribution in [-0.2, 0) is 14.8 Å². The molecule has 1 atom stereocenters. The minimum absolute atomic E-state index is 0.156. The molecule has 0 bridgehead atoms. The van der Waals surface area contributed by atoms with Gasteiger partial charge >= 0.3 is 5.97 Å². The summed E-state index contributed by atoms with van der Waals surface area (Å²) in [6.45, 7) is 1.74. The van der Waals surface area contributed by atoms with E-state index in [9.17, 15) is 17.6 Å². The zero-order chi connectivity index (χ0) is 14.6. The van der Waals surface area contributed by atoms with E-state index in [1.54, 1.807) is 6.92 Å². The average molecular weight is 310 g/mol. The fourth-order valence-electron chi connectivity index (χ4n) is 1.42. The van der Waals surface area contributed by atoms with E-state index in [0.717, 1.165) is 18.2 Å². The van der Waals surface area contributed by atoms with E-state index in [1.165, 1.54) is 0 Å². The van der Waals surface area contributed by atoms with E-state index >= 15 is 0 Å². The molecular formula is C11H13ClFNO4S. The van der Waals surface area contributed by atoms with Crippen LogP contribution in [0.3, 0.4) is 0 Å². The molecule has 0 fully saturated rings. The van der Waals surface area contributed by atoms with Crippen LogP contribution >= 0.6 is 11.6 Å². The van der Waals surface area contributed by atoms with Crippen molar-refractivity contribution < 1.29 is 22.7 Å². The fraction of sp³-hybridized carbons (Fsp3) is 0.364. The molecule has 106 valence electrons. The van der Waals surface area contributed by atoms with E-state index in [-0.39, 0.29) is 16.3 Å². The zero-order valence-electron chi connectivity index (χ0n) is 10.1. The van der Waals surface area contributed by atoms with Crippen molar-refractivity contribution in [3.8, 4) is 0 Å². The van der Waals surface area contributed by atoms with Crippen molar-refractivity contribution in [3.05, 3.63) is 29.0 Å². The smallest absolute Gasteiger partial charge is 0.321 e. The highest BCUT2D eigenvalue weighted by Crippen LogP contribution is 2.19. The molecule has 0 aromatic heterocycles. The van der Waals surface area contributed by atoms with Crippen LogP contribution in [0.5, 0.6) is 0 Å². The lowest BCUT2D eigenvalue weighted by Crippen LogP contribution is -2.40. The first kappa shape index (κ1) is 15.9. The Morgan fingerprint density at radius 3 is 2.63 bits per heavy atom. The lowest BCUT2D eigenvalue weighted by molar-refractivity contribution is -0.139. The number of carbonyl (C=O) groups is 1. The quantitative estimate of drug-likeness (QED) is 0.842. The molecule has 1 aromatic rings. The summed E-state index contributed by atoms with van der Waals surface area (Å²) in [5.41, 5.74) is 0. The Bertz CT molecular complexity index is 576. The summed E-state index contributed by atoms with van der Waals surface area (Å²) in [6.07, 6.45) is 0.660. The minimum Gasteiger partial charge on any atom is -0.480 e. The first-order valence-corrected chi connectivity index (χ1v) is 7.34. The number of carboxylic acid groups (broad SMARTS) is 1. The topological polar surface area (TPSA) is 83.5 Å². The third kappa shape index (κ3) is 4.15. The maximum absolute atomic E-state index is 13.0. The van der Waals surface area contributed by atoms with Gasteiger partial charge in [0.1, 0.15) is 11.9 Å². The molecule has 0 spiro atoms. The normalized spacial score (nSPS) is 13.2. The van der Waals surface area contributed by atoms with Gasteiger partial charge in [-0.05, 0) is 24.6 Å². The first-order chi connectivity index (χ1) is 8.77. The van der Waals surface area contributed by atoms with Gasteiger partial charge in [0, 0.05) is 0 Å². The molecule has 0 unspecified atom stereocenters. The summed E-state index contributed by atoms with van der Waals surface area (Å²) >= 11 is 5.50. The maximum atomic E-state index is 13.0. The number of benzene rings is 1. The third-order valence-corrected chi connectivity index (χ3v) is 4.13. The van der Waals surface area contributed by atoms with Gasteiger partial charge in [0.15, 0.2) is 0 Å². The van der Waals surface area contributed by atoms with Gasteiger partial charge in [0.2, 0.25) is 10.0 Å². The number of hydrogen-bond donors (Lipinski definition) is 2. The van der Waals surface area contributed by atoms with Crippen molar-refractivity contribution in [1.82, 2.24) is 4.72 Å². The molecule has 1 rings (SSSR count). The summed E-state index contributed by atoms with van der Waals surface area (Å²) in [7, 11) is -4.05. The van der Waals surface area contributed by atoms with Crippen molar-refractivity contribution in [2.75, 3.05) is 0 Å². The van der Waals surface area contributed by atoms with Crippen LogP contribution in [0, 0.1) is 5.82 Å². The molecular weight excluding hydrogens is 297 g/mol. The van der Waals surface area contributed by atoms with Gasteiger partial charge in [0.05, 0.1) is 9.92 Å². The molecule has 5 nitrogen and oxygen atoms in total. The largest absolute Gasteiger partial charge is 0.480 e. The summed E-state index contributed by atoms with van der Waals surface area (Å²) < 4.78 is 38.9. The zero-order valence-corrected chi connectivity index (χ0v) is 11.6. The van der Waals surface area contributed by atoms with E-state index in [4.69, 9.17) is 16.7 Å². The number of nitrogens with one attached hydrogen (secondary N) is 1. The molecule has 19 heavy (non-hydrogen) atoms. The summed E-state index contributed by atoms with van der Waals surface area (Å²) in [5.74, 6) is -2.01. The predicted molar refractivity (Wildman–Crippen MR) is 68.1 cm³/mol. The van der Waals surface area contributed by atoms with E-state index < -0.39 is 27.9 Å².